The lowest BCUT2D eigenvalue weighted by Crippen LogP contribution is -2.36. The number of ether oxygens (including phenoxy) is 1. The summed E-state index contributed by atoms with van der Waals surface area (Å²) in [4.78, 5) is 2.46. The molecule has 3 heteroatoms. The molecule has 0 aromatic rings. The molecule has 0 bridgehead atoms. The number of likely N-dealkylation sites (N-methyl/N-ethyl adjacent to an activating group) is 1. The van der Waals surface area contributed by atoms with E-state index in [1.807, 2.05) is 0 Å². The van der Waals surface area contributed by atoms with E-state index in [2.05, 4.69) is 31.1 Å². The molecule has 0 spiro atoms. The first kappa shape index (κ1) is 12.9. The molecule has 1 atom stereocenters. The standard InChI is InChI=1S/C12H26N2O/c1-11(2)15-9-5-7-13-10-12-6-4-8-14(12)3/h11-13H,4-10H2,1-3H3. The van der Waals surface area contributed by atoms with Crippen molar-refractivity contribution in [2.45, 2.75) is 45.3 Å². The quantitative estimate of drug-likeness (QED) is 0.650. The molecular formula is C12H26N2O. The fourth-order valence-electron chi connectivity index (χ4n) is 2.02. The molecule has 1 saturated heterocycles. The Morgan fingerprint density at radius 2 is 2.27 bits per heavy atom. The lowest BCUT2D eigenvalue weighted by atomic mass is 10.2. The molecule has 0 aromatic heterocycles. The highest BCUT2D eigenvalue weighted by atomic mass is 16.5. The second kappa shape index (κ2) is 7.20. The molecule has 1 aliphatic heterocycles. The van der Waals surface area contributed by atoms with E-state index in [-0.39, 0.29) is 0 Å². The molecule has 0 amide bonds. The van der Waals surface area contributed by atoms with Gasteiger partial charge < -0.3 is 15.0 Å². The van der Waals surface area contributed by atoms with Gasteiger partial charge in [0, 0.05) is 19.2 Å². The largest absolute Gasteiger partial charge is 0.379 e. The van der Waals surface area contributed by atoms with E-state index in [0.717, 1.165) is 32.2 Å². The van der Waals surface area contributed by atoms with E-state index in [9.17, 15) is 0 Å². The van der Waals surface area contributed by atoms with Crippen molar-refractivity contribution in [1.29, 1.82) is 0 Å². The van der Waals surface area contributed by atoms with Crippen LogP contribution < -0.4 is 5.32 Å². The molecular weight excluding hydrogens is 188 g/mol. The second-order valence-electron chi connectivity index (χ2n) is 4.75. The average molecular weight is 214 g/mol. The maximum absolute atomic E-state index is 5.48. The van der Waals surface area contributed by atoms with Gasteiger partial charge >= 0.3 is 0 Å². The third-order valence-electron chi connectivity index (χ3n) is 3.00. The molecule has 1 N–H and O–H groups in total. The van der Waals surface area contributed by atoms with Gasteiger partial charge in [-0.05, 0) is 53.2 Å². The summed E-state index contributed by atoms with van der Waals surface area (Å²) >= 11 is 0. The fraction of sp³-hybridized carbons (Fsp3) is 1.00. The Morgan fingerprint density at radius 1 is 1.47 bits per heavy atom. The highest BCUT2D eigenvalue weighted by molar-refractivity contribution is 4.77. The number of rotatable bonds is 7. The first-order valence-electron chi connectivity index (χ1n) is 6.22. The molecule has 1 unspecified atom stereocenters. The highest BCUT2D eigenvalue weighted by Gasteiger charge is 2.19. The molecule has 90 valence electrons. The minimum absolute atomic E-state index is 0.367. The number of nitrogens with one attached hydrogen (secondary N) is 1. The summed E-state index contributed by atoms with van der Waals surface area (Å²) in [5.41, 5.74) is 0. The van der Waals surface area contributed by atoms with Crippen LogP contribution in [0.4, 0.5) is 0 Å². The zero-order valence-corrected chi connectivity index (χ0v) is 10.5. The zero-order valence-electron chi connectivity index (χ0n) is 10.5. The second-order valence-corrected chi connectivity index (χ2v) is 4.75. The van der Waals surface area contributed by atoms with Gasteiger partial charge in [0.1, 0.15) is 0 Å². The SMILES string of the molecule is CC(C)OCCCNCC1CCCN1C. The van der Waals surface area contributed by atoms with Crippen molar-refractivity contribution in [3.8, 4) is 0 Å². The van der Waals surface area contributed by atoms with Crippen molar-refractivity contribution in [3.63, 3.8) is 0 Å². The lowest BCUT2D eigenvalue weighted by molar-refractivity contribution is 0.0769. The van der Waals surface area contributed by atoms with Crippen LogP contribution in [0, 0.1) is 0 Å². The van der Waals surface area contributed by atoms with Gasteiger partial charge in [0.25, 0.3) is 0 Å². The van der Waals surface area contributed by atoms with Crippen LogP contribution in [0.2, 0.25) is 0 Å². The van der Waals surface area contributed by atoms with E-state index in [0.29, 0.717) is 6.10 Å². The van der Waals surface area contributed by atoms with Gasteiger partial charge in [0.05, 0.1) is 6.10 Å². The van der Waals surface area contributed by atoms with Gasteiger partial charge in [-0.3, -0.25) is 0 Å². The first-order chi connectivity index (χ1) is 7.20. The molecule has 0 radical (unpaired) electrons. The topological polar surface area (TPSA) is 24.5 Å². The molecule has 0 aliphatic carbocycles. The molecule has 1 aliphatic rings. The lowest BCUT2D eigenvalue weighted by Gasteiger charge is -2.19. The Kier molecular flexibility index (Phi) is 6.22. The van der Waals surface area contributed by atoms with Gasteiger partial charge in [-0.1, -0.05) is 0 Å². The summed E-state index contributed by atoms with van der Waals surface area (Å²) in [5.74, 6) is 0. The number of nitrogens with zero attached hydrogens (tertiary/aromatic N) is 1. The van der Waals surface area contributed by atoms with Gasteiger partial charge in [0.2, 0.25) is 0 Å². The number of hydrogen-bond donors (Lipinski definition) is 1. The zero-order chi connectivity index (χ0) is 11.1. The smallest absolute Gasteiger partial charge is 0.0518 e. The summed E-state index contributed by atoms with van der Waals surface area (Å²) in [7, 11) is 2.22. The molecule has 1 fully saturated rings. The van der Waals surface area contributed by atoms with Crippen molar-refractivity contribution in [2.24, 2.45) is 0 Å². The maximum Gasteiger partial charge on any atom is 0.0518 e. The number of likely N-dealkylation sites (tertiary alicyclic amines) is 1. The van der Waals surface area contributed by atoms with Crippen LogP contribution in [-0.4, -0.2) is 50.3 Å². The van der Waals surface area contributed by atoms with E-state index >= 15 is 0 Å². The van der Waals surface area contributed by atoms with Crippen molar-refractivity contribution in [1.82, 2.24) is 10.2 Å². The third kappa shape index (κ3) is 5.50. The van der Waals surface area contributed by atoms with Gasteiger partial charge in [0.15, 0.2) is 0 Å². The van der Waals surface area contributed by atoms with Crippen LogP contribution in [0.15, 0.2) is 0 Å². The van der Waals surface area contributed by atoms with Crippen LogP contribution in [-0.2, 0) is 4.74 Å². The van der Waals surface area contributed by atoms with Gasteiger partial charge in [-0.25, -0.2) is 0 Å². The van der Waals surface area contributed by atoms with Crippen molar-refractivity contribution < 1.29 is 4.74 Å². The summed E-state index contributed by atoms with van der Waals surface area (Å²) in [6.45, 7) is 8.53. The molecule has 1 heterocycles. The number of hydrogen-bond acceptors (Lipinski definition) is 3. The van der Waals surface area contributed by atoms with Crippen molar-refractivity contribution in [3.05, 3.63) is 0 Å². The average Bonchev–Trinajstić information content (AvgIpc) is 2.57. The Bertz CT molecular complexity index is 162. The predicted molar refractivity (Wildman–Crippen MR) is 64.2 cm³/mol. The normalized spacial score (nSPS) is 22.8. The molecule has 15 heavy (non-hydrogen) atoms. The Labute approximate surface area is 94.2 Å². The summed E-state index contributed by atoms with van der Waals surface area (Å²) in [5, 5.41) is 3.51. The minimum Gasteiger partial charge on any atom is -0.379 e. The molecule has 0 saturated carbocycles. The van der Waals surface area contributed by atoms with E-state index in [1.165, 1.54) is 19.4 Å². The van der Waals surface area contributed by atoms with Gasteiger partial charge in [-0.15, -0.1) is 0 Å². The predicted octanol–water partition coefficient (Wildman–Crippen LogP) is 1.49. The molecule has 3 nitrogen and oxygen atoms in total. The Balaban J connectivity index is 1.88. The summed E-state index contributed by atoms with van der Waals surface area (Å²) in [6.07, 6.45) is 4.20. The third-order valence-corrected chi connectivity index (χ3v) is 3.00. The first-order valence-corrected chi connectivity index (χ1v) is 6.22. The minimum atomic E-state index is 0.367. The van der Waals surface area contributed by atoms with Crippen LogP contribution in [0.1, 0.15) is 33.1 Å². The fourth-order valence-corrected chi connectivity index (χ4v) is 2.02. The summed E-state index contributed by atoms with van der Waals surface area (Å²) in [6, 6.07) is 0.760. The molecule has 0 aromatic carbocycles. The summed E-state index contributed by atoms with van der Waals surface area (Å²) < 4.78 is 5.48. The highest BCUT2D eigenvalue weighted by Crippen LogP contribution is 2.13. The monoisotopic (exact) mass is 214 g/mol. The maximum atomic E-state index is 5.48. The van der Waals surface area contributed by atoms with Crippen molar-refractivity contribution in [2.75, 3.05) is 33.3 Å². The Morgan fingerprint density at radius 3 is 2.87 bits per heavy atom. The van der Waals surface area contributed by atoms with E-state index in [4.69, 9.17) is 4.74 Å². The van der Waals surface area contributed by atoms with E-state index < -0.39 is 0 Å². The van der Waals surface area contributed by atoms with Gasteiger partial charge in [-0.2, -0.15) is 0 Å². The van der Waals surface area contributed by atoms with E-state index in [1.54, 1.807) is 0 Å². The van der Waals surface area contributed by atoms with Crippen LogP contribution in [0.25, 0.3) is 0 Å². The van der Waals surface area contributed by atoms with Crippen LogP contribution >= 0.6 is 0 Å². The van der Waals surface area contributed by atoms with Crippen LogP contribution in [0.5, 0.6) is 0 Å². The molecule has 1 rings (SSSR count). The Hall–Kier alpha value is -0.120. The van der Waals surface area contributed by atoms with Crippen LogP contribution in [0.3, 0.4) is 0 Å². The van der Waals surface area contributed by atoms with Crippen molar-refractivity contribution >= 4 is 0 Å².